The molecular formula is C23H36N4O3. The zero-order chi connectivity index (χ0) is 21.6. The van der Waals surface area contributed by atoms with Gasteiger partial charge in [-0.1, -0.05) is 30.3 Å². The number of morpholine rings is 1. The number of amides is 2. The minimum Gasteiger partial charge on any atom is -0.378 e. The van der Waals surface area contributed by atoms with E-state index >= 15 is 0 Å². The first-order valence-electron chi connectivity index (χ1n) is 11.0. The summed E-state index contributed by atoms with van der Waals surface area (Å²) in [5, 5.41) is 3.04. The molecule has 0 bridgehead atoms. The first-order valence-corrected chi connectivity index (χ1v) is 11.0. The fourth-order valence-corrected chi connectivity index (χ4v) is 4.17. The summed E-state index contributed by atoms with van der Waals surface area (Å²) >= 11 is 0. The second kappa shape index (κ2) is 10.4. The molecule has 1 unspecified atom stereocenters. The minimum atomic E-state index is -0.285. The third kappa shape index (κ3) is 6.52. The molecule has 2 fully saturated rings. The van der Waals surface area contributed by atoms with Crippen LogP contribution >= 0.6 is 0 Å². The minimum absolute atomic E-state index is 0.0555. The third-order valence-electron chi connectivity index (χ3n) is 5.54. The molecule has 0 spiro atoms. The van der Waals surface area contributed by atoms with Crippen LogP contribution in [0, 0.1) is 0 Å². The van der Waals surface area contributed by atoms with Crippen LogP contribution in [0.25, 0.3) is 0 Å². The van der Waals surface area contributed by atoms with Crippen molar-refractivity contribution in [3.05, 3.63) is 35.9 Å². The van der Waals surface area contributed by atoms with Crippen molar-refractivity contribution in [3.63, 3.8) is 0 Å². The molecule has 166 valence electrons. The van der Waals surface area contributed by atoms with Crippen LogP contribution in [0.5, 0.6) is 0 Å². The molecular weight excluding hydrogens is 380 g/mol. The summed E-state index contributed by atoms with van der Waals surface area (Å²) in [6.45, 7) is 12.1. The maximum atomic E-state index is 13.5. The molecule has 1 aromatic rings. The van der Waals surface area contributed by atoms with Crippen molar-refractivity contribution in [2.75, 3.05) is 59.0 Å². The smallest absolute Gasteiger partial charge is 0.244 e. The van der Waals surface area contributed by atoms with Crippen LogP contribution in [-0.4, -0.2) is 91.1 Å². The van der Waals surface area contributed by atoms with E-state index in [0.717, 1.165) is 38.2 Å². The van der Waals surface area contributed by atoms with Crippen LogP contribution in [0.2, 0.25) is 0 Å². The Kier molecular flexibility index (Phi) is 7.86. The van der Waals surface area contributed by atoms with Crippen LogP contribution in [0.15, 0.2) is 30.3 Å². The van der Waals surface area contributed by atoms with Gasteiger partial charge in [-0.05, 0) is 39.3 Å². The van der Waals surface area contributed by atoms with E-state index in [2.05, 4.69) is 15.1 Å². The second-order valence-corrected chi connectivity index (χ2v) is 9.21. The summed E-state index contributed by atoms with van der Waals surface area (Å²) in [5.74, 6) is 0.211. The first-order chi connectivity index (χ1) is 14.3. The van der Waals surface area contributed by atoms with Gasteiger partial charge in [-0.3, -0.25) is 19.4 Å². The second-order valence-electron chi connectivity index (χ2n) is 9.21. The third-order valence-corrected chi connectivity index (χ3v) is 5.54. The molecule has 7 nitrogen and oxygen atoms in total. The van der Waals surface area contributed by atoms with E-state index in [-0.39, 0.29) is 23.4 Å². The van der Waals surface area contributed by atoms with Gasteiger partial charge >= 0.3 is 0 Å². The Morgan fingerprint density at radius 3 is 2.37 bits per heavy atom. The van der Waals surface area contributed by atoms with Gasteiger partial charge in [-0.25, -0.2) is 0 Å². The predicted molar refractivity (Wildman–Crippen MR) is 117 cm³/mol. The molecule has 1 aromatic carbocycles. The van der Waals surface area contributed by atoms with Gasteiger partial charge in [0.05, 0.1) is 19.8 Å². The standard InChI is InChI=1S/C23H36N4O3/c1-23(2,3)24-20(28)18-25-10-7-11-26(13-12-25)21(19-8-5-4-6-9-19)22(29)27-14-16-30-17-15-27/h4-6,8-9,21H,7,10-18H2,1-3H3,(H,24,28). The number of carbonyl (C=O) groups is 2. The Hall–Kier alpha value is -1.96. The maximum Gasteiger partial charge on any atom is 0.244 e. The van der Waals surface area contributed by atoms with Crippen molar-refractivity contribution < 1.29 is 14.3 Å². The van der Waals surface area contributed by atoms with Crippen LogP contribution in [0.1, 0.15) is 38.8 Å². The number of nitrogens with zero attached hydrogens (tertiary/aromatic N) is 3. The quantitative estimate of drug-likeness (QED) is 0.788. The molecule has 2 heterocycles. The number of hydrogen-bond donors (Lipinski definition) is 1. The lowest BCUT2D eigenvalue weighted by molar-refractivity contribution is -0.141. The number of nitrogens with one attached hydrogen (secondary N) is 1. The average molecular weight is 417 g/mol. The monoisotopic (exact) mass is 416 g/mol. The van der Waals surface area contributed by atoms with Crippen molar-refractivity contribution in [3.8, 4) is 0 Å². The Bertz CT molecular complexity index is 698. The highest BCUT2D eigenvalue weighted by Gasteiger charge is 2.33. The Morgan fingerprint density at radius 2 is 1.70 bits per heavy atom. The van der Waals surface area contributed by atoms with Gasteiger partial charge in [0.2, 0.25) is 11.8 Å². The summed E-state index contributed by atoms with van der Waals surface area (Å²) < 4.78 is 5.43. The fourth-order valence-electron chi connectivity index (χ4n) is 4.17. The number of ether oxygens (including phenoxy) is 1. The van der Waals surface area contributed by atoms with Gasteiger partial charge in [0, 0.05) is 38.3 Å². The number of hydrogen-bond acceptors (Lipinski definition) is 5. The van der Waals surface area contributed by atoms with E-state index in [0.29, 0.717) is 32.8 Å². The summed E-state index contributed by atoms with van der Waals surface area (Å²) in [4.78, 5) is 32.2. The number of benzene rings is 1. The molecule has 2 saturated heterocycles. The molecule has 7 heteroatoms. The molecule has 0 saturated carbocycles. The van der Waals surface area contributed by atoms with Crippen LogP contribution in [0.3, 0.4) is 0 Å². The van der Waals surface area contributed by atoms with E-state index < -0.39 is 0 Å². The van der Waals surface area contributed by atoms with E-state index in [1.54, 1.807) is 0 Å². The molecule has 1 N–H and O–H groups in total. The normalized spacial score (nSPS) is 20.4. The zero-order valence-corrected chi connectivity index (χ0v) is 18.6. The predicted octanol–water partition coefficient (Wildman–Crippen LogP) is 1.51. The van der Waals surface area contributed by atoms with Gasteiger partial charge in [0.1, 0.15) is 6.04 Å². The Balaban J connectivity index is 1.68. The first kappa shape index (κ1) is 22.7. The van der Waals surface area contributed by atoms with E-state index in [9.17, 15) is 9.59 Å². The van der Waals surface area contributed by atoms with Crippen molar-refractivity contribution in [1.29, 1.82) is 0 Å². The van der Waals surface area contributed by atoms with Crippen LogP contribution in [-0.2, 0) is 14.3 Å². The number of carbonyl (C=O) groups excluding carboxylic acids is 2. The van der Waals surface area contributed by atoms with Crippen molar-refractivity contribution in [1.82, 2.24) is 20.0 Å². The molecule has 0 radical (unpaired) electrons. The van der Waals surface area contributed by atoms with Crippen molar-refractivity contribution >= 4 is 11.8 Å². The molecule has 30 heavy (non-hydrogen) atoms. The molecule has 2 aliphatic rings. The number of rotatable bonds is 5. The van der Waals surface area contributed by atoms with Gasteiger partial charge < -0.3 is 15.0 Å². The van der Waals surface area contributed by atoms with E-state index in [1.165, 1.54) is 0 Å². The lowest BCUT2D eigenvalue weighted by atomic mass is 10.0. The van der Waals surface area contributed by atoms with Crippen LogP contribution < -0.4 is 5.32 Å². The Labute approximate surface area is 180 Å². The Morgan fingerprint density at radius 1 is 1.00 bits per heavy atom. The zero-order valence-electron chi connectivity index (χ0n) is 18.6. The summed E-state index contributed by atoms with van der Waals surface area (Å²) in [5.41, 5.74) is 0.811. The summed E-state index contributed by atoms with van der Waals surface area (Å²) in [7, 11) is 0. The van der Waals surface area contributed by atoms with E-state index in [4.69, 9.17) is 4.74 Å². The van der Waals surface area contributed by atoms with Crippen molar-refractivity contribution in [2.45, 2.75) is 38.8 Å². The highest BCUT2D eigenvalue weighted by atomic mass is 16.5. The molecule has 0 aromatic heterocycles. The molecule has 2 aliphatic heterocycles. The maximum absolute atomic E-state index is 13.5. The van der Waals surface area contributed by atoms with Gasteiger partial charge in [-0.2, -0.15) is 0 Å². The van der Waals surface area contributed by atoms with Gasteiger partial charge in [0.25, 0.3) is 0 Å². The molecule has 0 aliphatic carbocycles. The lowest BCUT2D eigenvalue weighted by Crippen LogP contribution is -2.48. The highest BCUT2D eigenvalue weighted by Crippen LogP contribution is 2.25. The topological polar surface area (TPSA) is 65.1 Å². The highest BCUT2D eigenvalue weighted by molar-refractivity contribution is 5.83. The van der Waals surface area contributed by atoms with E-state index in [1.807, 2.05) is 56.0 Å². The SMILES string of the molecule is CC(C)(C)NC(=O)CN1CCCN(C(C(=O)N2CCOCC2)c2ccccc2)CC1. The molecule has 1 atom stereocenters. The van der Waals surface area contributed by atoms with Gasteiger partial charge in [0.15, 0.2) is 0 Å². The molecule has 3 rings (SSSR count). The average Bonchev–Trinajstić information content (AvgIpc) is 2.94. The van der Waals surface area contributed by atoms with Crippen LogP contribution in [0.4, 0.5) is 0 Å². The van der Waals surface area contributed by atoms with Crippen molar-refractivity contribution in [2.24, 2.45) is 0 Å². The van der Waals surface area contributed by atoms with Gasteiger partial charge in [-0.15, -0.1) is 0 Å². The molecule has 2 amide bonds. The summed E-state index contributed by atoms with van der Waals surface area (Å²) in [6, 6.07) is 9.78. The largest absolute Gasteiger partial charge is 0.378 e. The summed E-state index contributed by atoms with van der Waals surface area (Å²) in [6.07, 6.45) is 0.933. The lowest BCUT2D eigenvalue weighted by Gasteiger charge is -2.36. The fraction of sp³-hybridized carbons (Fsp3) is 0.652.